The quantitative estimate of drug-likeness (QED) is 0.316. The molecule has 2 amide bonds. The number of rotatable bonds is 8. The normalized spacial score (nSPS) is 11.1. The molecule has 0 aliphatic carbocycles. The number of H-pyrrole nitrogens is 1. The zero-order chi connectivity index (χ0) is 22.9. The van der Waals surface area contributed by atoms with Crippen molar-refractivity contribution in [3.05, 3.63) is 77.7 Å². The molecular weight excluding hydrogens is 406 g/mol. The maximum Gasteiger partial charge on any atom is 0.251 e. The van der Waals surface area contributed by atoms with Gasteiger partial charge in [-0.25, -0.2) is 4.98 Å². The minimum absolute atomic E-state index is 0.187. The number of amides is 2. The number of imidazole rings is 1. The minimum atomic E-state index is -0.583. The average molecular weight is 434 g/mol. The molecular formula is C23H27N7O2. The molecule has 32 heavy (non-hydrogen) atoms. The van der Waals surface area contributed by atoms with Crippen molar-refractivity contribution in [3.63, 3.8) is 0 Å². The van der Waals surface area contributed by atoms with Gasteiger partial charge in [-0.05, 0) is 23.3 Å². The molecule has 0 saturated carbocycles. The van der Waals surface area contributed by atoms with Gasteiger partial charge >= 0.3 is 0 Å². The number of guanidine groups is 1. The lowest BCUT2D eigenvalue weighted by Crippen LogP contribution is -2.38. The molecule has 0 saturated heterocycles. The summed E-state index contributed by atoms with van der Waals surface area (Å²) in [5.41, 5.74) is 8.54. The zero-order valence-corrected chi connectivity index (χ0v) is 18.1. The Morgan fingerprint density at radius 3 is 2.47 bits per heavy atom. The molecule has 9 heteroatoms. The summed E-state index contributed by atoms with van der Waals surface area (Å²) in [6.07, 6.45) is 1.83. The van der Waals surface area contributed by atoms with E-state index in [9.17, 15) is 9.59 Å². The summed E-state index contributed by atoms with van der Waals surface area (Å²) in [5.74, 6) is 0.624. The first-order chi connectivity index (χ1) is 15.5. The van der Waals surface area contributed by atoms with E-state index in [1.54, 1.807) is 19.2 Å². The predicted octanol–water partition coefficient (Wildman–Crippen LogP) is 1.50. The van der Waals surface area contributed by atoms with E-state index in [2.05, 4.69) is 25.6 Å². The van der Waals surface area contributed by atoms with E-state index in [-0.39, 0.29) is 12.5 Å². The van der Waals surface area contributed by atoms with Gasteiger partial charge in [0.2, 0.25) is 5.91 Å². The van der Waals surface area contributed by atoms with E-state index in [1.807, 2.05) is 60.6 Å². The van der Waals surface area contributed by atoms with E-state index in [1.165, 1.54) is 0 Å². The maximum absolute atomic E-state index is 12.0. The molecule has 3 rings (SSSR count). The number of nitrogens with zero attached hydrogens (tertiary/aromatic N) is 3. The van der Waals surface area contributed by atoms with Crippen LogP contribution in [0.15, 0.2) is 65.8 Å². The third-order valence-corrected chi connectivity index (χ3v) is 4.76. The van der Waals surface area contributed by atoms with E-state index in [4.69, 9.17) is 5.73 Å². The number of carbonyl (C=O) groups is 2. The lowest BCUT2D eigenvalue weighted by Gasteiger charge is -2.21. The number of nitrogens with one attached hydrogen (secondary N) is 3. The Labute approximate surface area is 186 Å². The molecule has 5 N–H and O–H groups in total. The molecule has 0 spiro atoms. The first-order valence-electron chi connectivity index (χ1n) is 10.1. The summed E-state index contributed by atoms with van der Waals surface area (Å²) >= 11 is 0. The average Bonchev–Trinajstić information content (AvgIpc) is 3.27. The van der Waals surface area contributed by atoms with Crippen LogP contribution in [0.25, 0.3) is 11.3 Å². The van der Waals surface area contributed by atoms with Crippen molar-refractivity contribution < 1.29 is 9.59 Å². The largest absolute Gasteiger partial charge is 0.368 e. The fourth-order valence-corrected chi connectivity index (χ4v) is 3.12. The Hall–Kier alpha value is -4.14. The first kappa shape index (κ1) is 22.5. The van der Waals surface area contributed by atoms with Crippen LogP contribution in [-0.4, -0.2) is 53.3 Å². The van der Waals surface area contributed by atoms with Crippen molar-refractivity contribution in [2.75, 3.05) is 20.6 Å². The summed E-state index contributed by atoms with van der Waals surface area (Å²) in [4.78, 5) is 36.9. The number of hydrogen-bond donors (Lipinski definition) is 4. The topological polar surface area (TPSA) is 128 Å². The standard InChI is InChI=1S/C23H27N7O2/c1-25-23(28-12-16-8-10-18(11-9-16)22(32)27-14-20(24)31)30(2)15-21-26-13-19(29-21)17-6-4-3-5-7-17/h3-11,13H,12,14-15H2,1-2H3,(H2,24,31)(H,25,28)(H,26,29)(H,27,32). The highest BCUT2D eigenvalue weighted by atomic mass is 16.2. The smallest absolute Gasteiger partial charge is 0.251 e. The van der Waals surface area contributed by atoms with Gasteiger partial charge in [-0.2, -0.15) is 0 Å². The van der Waals surface area contributed by atoms with Gasteiger partial charge in [-0.15, -0.1) is 0 Å². The van der Waals surface area contributed by atoms with Gasteiger partial charge < -0.3 is 26.3 Å². The Balaban J connectivity index is 1.53. The van der Waals surface area contributed by atoms with Gasteiger partial charge in [0.1, 0.15) is 5.82 Å². The SMILES string of the molecule is CN=C(NCc1ccc(C(=O)NCC(N)=O)cc1)N(C)Cc1ncc(-c2ccccc2)[nH]1. The Morgan fingerprint density at radius 2 is 1.81 bits per heavy atom. The molecule has 1 aromatic heterocycles. The van der Waals surface area contributed by atoms with Crippen molar-refractivity contribution >= 4 is 17.8 Å². The third kappa shape index (κ3) is 6.18. The molecule has 2 aromatic carbocycles. The fraction of sp³-hybridized carbons (Fsp3) is 0.217. The third-order valence-electron chi connectivity index (χ3n) is 4.76. The summed E-state index contributed by atoms with van der Waals surface area (Å²) < 4.78 is 0. The maximum atomic E-state index is 12.0. The van der Waals surface area contributed by atoms with Crippen molar-refractivity contribution in [3.8, 4) is 11.3 Å². The summed E-state index contributed by atoms with van der Waals surface area (Å²) in [7, 11) is 3.66. The summed E-state index contributed by atoms with van der Waals surface area (Å²) in [6, 6.07) is 17.1. The second kappa shape index (κ2) is 10.8. The van der Waals surface area contributed by atoms with Gasteiger partial charge in [-0.1, -0.05) is 42.5 Å². The number of nitrogens with two attached hydrogens (primary N) is 1. The van der Waals surface area contributed by atoms with Crippen LogP contribution in [0.3, 0.4) is 0 Å². The van der Waals surface area contributed by atoms with E-state index >= 15 is 0 Å². The van der Waals surface area contributed by atoms with Gasteiger partial charge in [-0.3, -0.25) is 14.6 Å². The van der Waals surface area contributed by atoms with E-state index < -0.39 is 5.91 Å². The van der Waals surface area contributed by atoms with Crippen molar-refractivity contribution in [1.29, 1.82) is 0 Å². The Kier molecular flexibility index (Phi) is 7.58. The molecule has 0 aliphatic rings. The van der Waals surface area contributed by atoms with Gasteiger partial charge in [0.05, 0.1) is 25.0 Å². The second-order valence-electron chi connectivity index (χ2n) is 7.21. The molecule has 0 bridgehead atoms. The monoisotopic (exact) mass is 433 g/mol. The lowest BCUT2D eigenvalue weighted by atomic mass is 10.1. The van der Waals surface area contributed by atoms with Crippen molar-refractivity contribution in [2.45, 2.75) is 13.1 Å². The van der Waals surface area contributed by atoms with Crippen molar-refractivity contribution in [1.82, 2.24) is 25.5 Å². The highest BCUT2D eigenvalue weighted by molar-refractivity contribution is 5.96. The van der Waals surface area contributed by atoms with Gasteiger partial charge in [0, 0.05) is 26.2 Å². The Morgan fingerprint density at radius 1 is 1.09 bits per heavy atom. The summed E-state index contributed by atoms with van der Waals surface area (Å²) in [5, 5.41) is 5.77. The molecule has 166 valence electrons. The lowest BCUT2D eigenvalue weighted by molar-refractivity contribution is -0.117. The number of benzene rings is 2. The van der Waals surface area contributed by atoms with Gasteiger partial charge in [0.15, 0.2) is 5.96 Å². The molecule has 9 nitrogen and oxygen atoms in total. The van der Waals surface area contributed by atoms with E-state index in [0.717, 1.165) is 22.6 Å². The Bertz CT molecular complexity index is 1080. The highest BCUT2D eigenvalue weighted by Gasteiger charge is 2.11. The van der Waals surface area contributed by atoms with Gasteiger partial charge in [0.25, 0.3) is 5.91 Å². The number of aromatic amines is 1. The van der Waals surface area contributed by atoms with E-state index in [0.29, 0.717) is 24.6 Å². The molecule has 1 heterocycles. The number of carbonyl (C=O) groups excluding carboxylic acids is 2. The second-order valence-corrected chi connectivity index (χ2v) is 7.21. The van der Waals surface area contributed by atoms with Crippen LogP contribution in [0, 0.1) is 0 Å². The molecule has 0 unspecified atom stereocenters. The van der Waals surface area contributed by atoms with Crippen molar-refractivity contribution in [2.24, 2.45) is 10.7 Å². The van der Waals surface area contributed by atoms with Crippen LogP contribution in [0.2, 0.25) is 0 Å². The van der Waals surface area contributed by atoms with Crippen LogP contribution in [0.5, 0.6) is 0 Å². The number of hydrogen-bond acceptors (Lipinski definition) is 4. The van der Waals surface area contributed by atoms with Crippen LogP contribution in [0.4, 0.5) is 0 Å². The number of primary amides is 1. The molecule has 0 radical (unpaired) electrons. The van der Waals surface area contributed by atoms with Crippen LogP contribution in [-0.2, 0) is 17.9 Å². The first-order valence-corrected chi connectivity index (χ1v) is 10.1. The molecule has 0 fully saturated rings. The highest BCUT2D eigenvalue weighted by Crippen LogP contribution is 2.16. The summed E-state index contributed by atoms with van der Waals surface area (Å²) in [6.45, 7) is 0.909. The predicted molar refractivity (Wildman–Crippen MR) is 124 cm³/mol. The van der Waals surface area contributed by atoms with Crippen LogP contribution >= 0.6 is 0 Å². The van der Waals surface area contributed by atoms with Crippen LogP contribution < -0.4 is 16.4 Å². The molecule has 0 aliphatic heterocycles. The molecule has 0 atom stereocenters. The zero-order valence-electron chi connectivity index (χ0n) is 18.1. The minimum Gasteiger partial charge on any atom is -0.368 e. The molecule has 3 aromatic rings. The number of aliphatic imine (C=N–C) groups is 1. The number of aromatic nitrogens is 2. The fourth-order valence-electron chi connectivity index (χ4n) is 3.12. The van der Waals surface area contributed by atoms with Crippen LogP contribution in [0.1, 0.15) is 21.7 Å².